The lowest BCUT2D eigenvalue weighted by Crippen LogP contribution is -2.41. The number of benzene rings is 3. The molecule has 1 aromatic heterocycles. The highest BCUT2D eigenvalue weighted by Crippen LogP contribution is 2.40. The van der Waals surface area contributed by atoms with Gasteiger partial charge in [-0.25, -0.2) is 13.1 Å². The van der Waals surface area contributed by atoms with E-state index in [1.807, 2.05) is 51.1 Å². The molecule has 0 saturated carbocycles. The van der Waals surface area contributed by atoms with Crippen LogP contribution in [0.2, 0.25) is 5.02 Å². The Bertz CT molecular complexity index is 1590. The van der Waals surface area contributed by atoms with Crippen LogP contribution in [0.3, 0.4) is 0 Å². The van der Waals surface area contributed by atoms with E-state index in [9.17, 15) is 13.2 Å². The maximum Gasteiger partial charge on any atom is 0.308 e. The molecule has 2 heterocycles. The molecule has 0 spiro atoms. The molecule has 0 saturated heterocycles. The highest BCUT2D eigenvalue weighted by Gasteiger charge is 2.36. The zero-order valence-corrected chi connectivity index (χ0v) is 21.9. The molecule has 0 fully saturated rings. The Balaban J connectivity index is 1.47. The molecule has 0 aliphatic carbocycles. The van der Waals surface area contributed by atoms with Gasteiger partial charge in [0.25, 0.3) is 0 Å². The Hall–Kier alpha value is -2.65. The molecule has 0 radical (unpaired) electrons. The number of ether oxygens (including phenoxy) is 1. The maximum absolute atomic E-state index is 13.4. The van der Waals surface area contributed by atoms with Crippen LogP contribution in [0.15, 0.2) is 70.4 Å². The van der Waals surface area contributed by atoms with Gasteiger partial charge in [-0.05, 0) is 62.7 Å². The monoisotopic (exact) mass is 528 g/mol. The molecule has 1 N–H and O–H groups in total. The summed E-state index contributed by atoms with van der Waals surface area (Å²) < 4.78 is 38.1. The average Bonchev–Trinajstić information content (AvgIpc) is 3.09. The van der Waals surface area contributed by atoms with Crippen molar-refractivity contribution >= 4 is 43.2 Å². The van der Waals surface area contributed by atoms with Gasteiger partial charge in [-0.1, -0.05) is 52.8 Å². The largest absolute Gasteiger partial charge is 0.487 e. The van der Waals surface area contributed by atoms with Crippen LogP contribution in [0.1, 0.15) is 43.0 Å². The summed E-state index contributed by atoms with van der Waals surface area (Å²) in [5.41, 5.74) is 2.97. The van der Waals surface area contributed by atoms with Crippen LogP contribution in [0.5, 0.6) is 5.75 Å². The molecule has 1 aliphatic heterocycles. The maximum atomic E-state index is 13.4. The van der Waals surface area contributed by atoms with Crippen LogP contribution in [-0.2, 0) is 16.6 Å². The summed E-state index contributed by atoms with van der Waals surface area (Å²) in [5.74, 6) is 0.687. The molecule has 35 heavy (non-hydrogen) atoms. The van der Waals surface area contributed by atoms with Crippen LogP contribution in [0.4, 0.5) is 0 Å². The van der Waals surface area contributed by atoms with E-state index in [4.69, 9.17) is 16.3 Å². The SMILES string of the molecule is Cc1ccc2c(c1)[C@@H](NS(=O)(=O)c1ccc3c(c1)sc(=O)n3Cc1ccc(Cl)cc1)CC(C)(C)O2. The molecule has 0 bridgehead atoms. The molecule has 0 amide bonds. The van der Waals surface area contributed by atoms with Crippen LogP contribution < -0.4 is 14.3 Å². The van der Waals surface area contributed by atoms with Crippen LogP contribution in [-0.4, -0.2) is 18.6 Å². The molecular weight excluding hydrogens is 504 g/mol. The molecule has 1 aliphatic rings. The number of nitrogens with zero attached hydrogens (tertiary/aromatic N) is 1. The molecule has 182 valence electrons. The Labute approximate surface area is 213 Å². The molecular formula is C26H25ClN2O4S2. The Kier molecular flexibility index (Phi) is 6.04. The lowest BCUT2D eigenvalue weighted by Gasteiger charge is -2.38. The predicted molar refractivity (Wildman–Crippen MR) is 140 cm³/mol. The molecule has 0 unspecified atom stereocenters. The van der Waals surface area contributed by atoms with E-state index < -0.39 is 21.7 Å². The molecule has 1 atom stereocenters. The number of hydrogen-bond acceptors (Lipinski definition) is 5. The normalized spacial score (nSPS) is 17.2. The van der Waals surface area contributed by atoms with Gasteiger partial charge >= 0.3 is 4.87 Å². The summed E-state index contributed by atoms with van der Waals surface area (Å²) in [4.78, 5) is 12.7. The lowest BCUT2D eigenvalue weighted by molar-refractivity contribution is 0.0701. The number of thiazole rings is 1. The number of aryl methyl sites for hydroxylation is 1. The summed E-state index contributed by atoms with van der Waals surface area (Å²) in [7, 11) is -3.85. The highest BCUT2D eigenvalue weighted by atomic mass is 35.5. The van der Waals surface area contributed by atoms with Crippen molar-refractivity contribution in [2.24, 2.45) is 0 Å². The number of nitrogens with one attached hydrogen (secondary N) is 1. The van der Waals surface area contributed by atoms with Gasteiger partial charge in [0.05, 0.1) is 27.7 Å². The number of hydrogen-bond donors (Lipinski definition) is 1. The van der Waals surface area contributed by atoms with Crippen molar-refractivity contribution in [1.82, 2.24) is 9.29 Å². The van der Waals surface area contributed by atoms with Crippen molar-refractivity contribution in [3.8, 4) is 5.75 Å². The van der Waals surface area contributed by atoms with Gasteiger partial charge in [-0.15, -0.1) is 0 Å². The number of rotatable bonds is 5. The predicted octanol–water partition coefficient (Wildman–Crippen LogP) is 5.65. The first-order valence-corrected chi connectivity index (χ1v) is 13.9. The minimum atomic E-state index is -3.85. The Morgan fingerprint density at radius 2 is 1.86 bits per heavy atom. The third kappa shape index (κ3) is 4.89. The van der Waals surface area contributed by atoms with Crippen molar-refractivity contribution in [3.05, 3.63) is 92.0 Å². The minimum absolute atomic E-state index is 0.128. The topological polar surface area (TPSA) is 77.4 Å². The van der Waals surface area contributed by atoms with Crippen molar-refractivity contribution in [2.45, 2.75) is 50.3 Å². The van der Waals surface area contributed by atoms with Crippen LogP contribution >= 0.6 is 22.9 Å². The first kappa shape index (κ1) is 24.1. The van der Waals surface area contributed by atoms with Crippen molar-refractivity contribution in [1.29, 1.82) is 0 Å². The van der Waals surface area contributed by atoms with Gasteiger partial charge in [0, 0.05) is 17.0 Å². The lowest BCUT2D eigenvalue weighted by atomic mass is 9.89. The van der Waals surface area contributed by atoms with E-state index in [1.54, 1.807) is 34.9 Å². The first-order valence-electron chi connectivity index (χ1n) is 11.2. The van der Waals surface area contributed by atoms with Crippen molar-refractivity contribution in [3.63, 3.8) is 0 Å². The van der Waals surface area contributed by atoms with Gasteiger partial charge in [0.2, 0.25) is 10.0 Å². The average molecular weight is 529 g/mol. The van der Waals surface area contributed by atoms with Crippen LogP contribution in [0.25, 0.3) is 10.2 Å². The second kappa shape index (κ2) is 8.78. The van der Waals surface area contributed by atoms with E-state index in [1.165, 1.54) is 0 Å². The highest BCUT2D eigenvalue weighted by molar-refractivity contribution is 7.89. The summed E-state index contributed by atoms with van der Waals surface area (Å²) >= 11 is 7.00. The third-order valence-electron chi connectivity index (χ3n) is 6.12. The standard InChI is InChI=1S/C26H25ClN2O4S2/c1-16-4-11-23-20(12-16)21(14-26(2,3)33-23)28-35(31,32)19-9-10-22-24(13-19)34-25(30)29(22)15-17-5-7-18(27)8-6-17/h4-13,21,28H,14-15H2,1-3H3/t21-/m0/s1. The fourth-order valence-corrected chi connectivity index (χ4v) is 6.84. The summed E-state index contributed by atoms with van der Waals surface area (Å²) in [6.45, 7) is 6.25. The third-order valence-corrected chi connectivity index (χ3v) is 8.79. The van der Waals surface area contributed by atoms with Gasteiger partial charge in [-0.3, -0.25) is 9.36 Å². The van der Waals surface area contributed by atoms with Gasteiger partial charge in [0.15, 0.2) is 0 Å². The van der Waals surface area contributed by atoms with E-state index in [0.717, 1.165) is 28.0 Å². The van der Waals surface area contributed by atoms with E-state index in [-0.39, 0.29) is 9.77 Å². The molecule has 3 aromatic carbocycles. The molecule has 5 rings (SSSR count). The van der Waals surface area contributed by atoms with Gasteiger partial charge in [0.1, 0.15) is 11.4 Å². The number of fused-ring (bicyclic) bond motifs is 2. The van der Waals surface area contributed by atoms with Crippen LogP contribution in [0, 0.1) is 6.92 Å². The van der Waals surface area contributed by atoms with Gasteiger partial charge in [-0.2, -0.15) is 0 Å². The van der Waals surface area contributed by atoms with E-state index in [0.29, 0.717) is 34.0 Å². The Morgan fingerprint density at radius 3 is 2.60 bits per heavy atom. The molecule has 6 nitrogen and oxygen atoms in total. The minimum Gasteiger partial charge on any atom is -0.487 e. The number of aromatic nitrogens is 1. The summed E-state index contributed by atoms with van der Waals surface area (Å²) in [5, 5.41) is 0.629. The van der Waals surface area contributed by atoms with Crippen molar-refractivity contribution < 1.29 is 13.2 Å². The first-order chi connectivity index (χ1) is 16.5. The van der Waals surface area contributed by atoms with E-state index in [2.05, 4.69) is 4.72 Å². The second-order valence-corrected chi connectivity index (χ2v) is 12.6. The summed E-state index contributed by atoms with van der Waals surface area (Å²) in [6.07, 6.45) is 0.496. The zero-order chi connectivity index (χ0) is 25.0. The number of sulfonamides is 1. The second-order valence-electron chi connectivity index (χ2n) is 9.49. The quantitative estimate of drug-likeness (QED) is 0.363. The van der Waals surface area contributed by atoms with E-state index >= 15 is 0 Å². The fourth-order valence-electron chi connectivity index (χ4n) is 4.47. The molecule has 4 aromatic rings. The van der Waals surface area contributed by atoms with Gasteiger partial charge < -0.3 is 4.74 Å². The fraction of sp³-hybridized carbons (Fsp3) is 0.269. The summed E-state index contributed by atoms with van der Waals surface area (Å²) in [6, 6.07) is 17.5. The van der Waals surface area contributed by atoms with Crippen molar-refractivity contribution in [2.75, 3.05) is 0 Å². The zero-order valence-electron chi connectivity index (χ0n) is 19.5. The molecule has 9 heteroatoms. The Morgan fingerprint density at radius 1 is 1.11 bits per heavy atom. The number of halogens is 1. The smallest absolute Gasteiger partial charge is 0.308 e.